The standard InChI is InChI=1S/C25H24N4O4/c1-14-21(26-15(2)22(14)29(32)33)13-19-18-12-16(10-11-20(18)27-24(19)31)23(30)28-25(3,4)17-8-6-5-7-9-17/h5-13,26H,1-4H3,(H,27,31)(H,28,30)/b19-13-. The molecule has 3 N–H and O–H groups in total. The molecule has 3 aromatic rings. The van der Waals surface area contributed by atoms with E-state index in [0.717, 1.165) is 5.56 Å². The van der Waals surface area contributed by atoms with Crippen LogP contribution in [0.5, 0.6) is 0 Å². The third-order valence-corrected chi connectivity index (χ3v) is 5.89. The number of amides is 2. The van der Waals surface area contributed by atoms with Gasteiger partial charge in [-0.3, -0.25) is 19.7 Å². The van der Waals surface area contributed by atoms with Crippen LogP contribution in [0, 0.1) is 24.0 Å². The third kappa shape index (κ3) is 4.03. The normalized spacial score (nSPS) is 14.2. The van der Waals surface area contributed by atoms with Crippen molar-refractivity contribution in [2.75, 3.05) is 5.32 Å². The maximum atomic E-state index is 13.0. The van der Waals surface area contributed by atoms with Crippen molar-refractivity contribution in [1.82, 2.24) is 10.3 Å². The lowest BCUT2D eigenvalue weighted by Crippen LogP contribution is -2.40. The van der Waals surface area contributed by atoms with E-state index in [2.05, 4.69) is 15.6 Å². The van der Waals surface area contributed by atoms with Crippen LogP contribution in [0.25, 0.3) is 11.6 Å². The Labute approximate surface area is 190 Å². The first-order chi connectivity index (χ1) is 15.6. The van der Waals surface area contributed by atoms with Crippen LogP contribution in [0.4, 0.5) is 11.4 Å². The summed E-state index contributed by atoms with van der Waals surface area (Å²) in [6, 6.07) is 14.7. The largest absolute Gasteiger partial charge is 0.353 e. The van der Waals surface area contributed by atoms with Crippen molar-refractivity contribution in [2.45, 2.75) is 33.2 Å². The number of nitro groups is 1. The molecule has 0 radical (unpaired) electrons. The topological polar surface area (TPSA) is 117 Å². The van der Waals surface area contributed by atoms with Crippen LogP contribution >= 0.6 is 0 Å². The second kappa shape index (κ2) is 8.05. The predicted molar refractivity (Wildman–Crippen MR) is 127 cm³/mol. The van der Waals surface area contributed by atoms with Gasteiger partial charge in [-0.1, -0.05) is 30.3 Å². The van der Waals surface area contributed by atoms with Crippen molar-refractivity contribution in [3.63, 3.8) is 0 Å². The summed E-state index contributed by atoms with van der Waals surface area (Å²) >= 11 is 0. The molecular formula is C25H24N4O4. The Morgan fingerprint density at radius 2 is 1.82 bits per heavy atom. The number of nitrogens with zero attached hydrogens (tertiary/aromatic N) is 1. The molecule has 2 aromatic carbocycles. The molecule has 33 heavy (non-hydrogen) atoms. The number of anilines is 1. The molecule has 1 aliphatic rings. The van der Waals surface area contributed by atoms with E-state index in [0.29, 0.717) is 39.3 Å². The van der Waals surface area contributed by atoms with E-state index in [1.54, 1.807) is 38.1 Å². The Morgan fingerprint density at radius 3 is 2.45 bits per heavy atom. The number of carbonyl (C=O) groups excluding carboxylic acids is 2. The molecule has 4 rings (SSSR count). The molecule has 0 saturated heterocycles. The van der Waals surface area contributed by atoms with Gasteiger partial charge < -0.3 is 15.6 Å². The van der Waals surface area contributed by atoms with Crippen LogP contribution in [-0.2, 0) is 10.3 Å². The molecule has 2 heterocycles. The van der Waals surface area contributed by atoms with Crippen molar-refractivity contribution < 1.29 is 14.5 Å². The fourth-order valence-electron chi connectivity index (χ4n) is 4.08. The van der Waals surface area contributed by atoms with E-state index >= 15 is 0 Å². The van der Waals surface area contributed by atoms with E-state index in [1.807, 2.05) is 44.2 Å². The molecule has 168 valence electrons. The first-order valence-corrected chi connectivity index (χ1v) is 10.5. The SMILES string of the molecule is Cc1[nH]c(/C=C2\C(=O)Nc3ccc(C(=O)NC(C)(C)c4ccccc4)cc32)c(C)c1[N+](=O)[O-]. The number of carbonyl (C=O) groups is 2. The average Bonchev–Trinajstić information content (AvgIpc) is 3.23. The Balaban J connectivity index is 1.68. The van der Waals surface area contributed by atoms with Gasteiger partial charge in [-0.05, 0) is 57.5 Å². The van der Waals surface area contributed by atoms with Gasteiger partial charge >= 0.3 is 0 Å². The quantitative estimate of drug-likeness (QED) is 0.300. The predicted octanol–water partition coefficient (Wildman–Crippen LogP) is 4.70. The highest BCUT2D eigenvalue weighted by Gasteiger charge is 2.29. The third-order valence-electron chi connectivity index (χ3n) is 5.89. The summed E-state index contributed by atoms with van der Waals surface area (Å²) in [4.78, 5) is 39.6. The van der Waals surface area contributed by atoms with Gasteiger partial charge in [-0.25, -0.2) is 0 Å². The zero-order chi connectivity index (χ0) is 23.9. The fraction of sp³-hybridized carbons (Fsp3) is 0.200. The fourth-order valence-corrected chi connectivity index (χ4v) is 4.08. The summed E-state index contributed by atoms with van der Waals surface area (Å²) in [7, 11) is 0. The molecule has 0 unspecified atom stereocenters. The number of benzene rings is 2. The van der Waals surface area contributed by atoms with Gasteiger partial charge in [0.25, 0.3) is 17.5 Å². The van der Waals surface area contributed by atoms with E-state index in [1.165, 1.54) is 0 Å². The smallest absolute Gasteiger partial charge is 0.293 e. The lowest BCUT2D eigenvalue weighted by molar-refractivity contribution is -0.385. The van der Waals surface area contributed by atoms with Gasteiger partial charge in [-0.2, -0.15) is 0 Å². The van der Waals surface area contributed by atoms with Crippen molar-refractivity contribution in [2.24, 2.45) is 0 Å². The molecule has 2 amide bonds. The van der Waals surface area contributed by atoms with Crippen LogP contribution in [0.2, 0.25) is 0 Å². The lowest BCUT2D eigenvalue weighted by atomic mass is 9.93. The Kier molecular flexibility index (Phi) is 5.37. The Morgan fingerprint density at radius 1 is 1.12 bits per heavy atom. The average molecular weight is 444 g/mol. The molecule has 0 aliphatic carbocycles. The molecule has 0 bridgehead atoms. The van der Waals surface area contributed by atoms with Crippen molar-refractivity contribution in [1.29, 1.82) is 0 Å². The van der Waals surface area contributed by atoms with Crippen LogP contribution < -0.4 is 10.6 Å². The first kappa shape index (κ1) is 22.0. The van der Waals surface area contributed by atoms with Crippen molar-refractivity contribution in [3.8, 4) is 0 Å². The highest BCUT2D eigenvalue weighted by atomic mass is 16.6. The molecule has 8 nitrogen and oxygen atoms in total. The number of fused-ring (bicyclic) bond motifs is 1. The number of hydrogen-bond acceptors (Lipinski definition) is 4. The van der Waals surface area contributed by atoms with Crippen LogP contribution in [0.3, 0.4) is 0 Å². The minimum absolute atomic E-state index is 0.00301. The van der Waals surface area contributed by atoms with Crippen LogP contribution in [-0.4, -0.2) is 21.7 Å². The van der Waals surface area contributed by atoms with Gasteiger partial charge in [0.05, 0.1) is 27.3 Å². The zero-order valence-electron chi connectivity index (χ0n) is 18.8. The summed E-state index contributed by atoms with van der Waals surface area (Å²) in [6.07, 6.45) is 1.59. The van der Waals surface area contributed by atoms with Crippen LogP contribution in [0.1, 0.15) is 52.3 Å². The highest BCUT2D eigenvalue weighted by molar-refractivity contribution is 6.35. The molecule has 1 aliphatic heterocycles. The summed E-state index contributed by atoms with van der Waals surface area (Å²) in [6.45, 7) is 7.10. The second-order valence-corrected chi connectivity index (χ2v) is 8.61. The number of rotatable bonds is 5. The number of hydrogen-bond donors (Lipinski definition) is 3. The maximum Gasteiger partial charge on any atom is 0.293 e. The lowest BCUT2D eigenvalue weighted by Gasteiger charge is -2.27. The first-order valence-electron chi connectivity index (χ1n) is 10.5. The molecule has 0 atom stereocenters. The summed E-state index contributed by atoms with van der Waals surface area (Å²) < 4.78 is 0. The maximum absolute atomic E-state index is 13.0. The number of nitrogens with one attached hydrogen (secondary N) is 3. The number of aryl methyl sites for hydroxylation is 1. The monoisotopic (exact) mass is 444 g/mol. The molecular weight excluding hydrogens is 420 g/mol. The minimum atomic E-state index is -0.595. The minimum Gasteiger partial charge on any atom is -0.353 e. The number of H-pyrrole nitrogens is 1. The van der Waals surface area contributed by atoms with Crippen molar-refractivity contribution >= 4 is 34.8 Å². The van der Waals surface area contributed by atoms with Gasteiger partial charge in [-0.15, -0.1) is 0 Å². The van der Waals surface area contributed by atoms with E-state index in [9.17, 15) is 19.7 Å². The molecule has 0 saturated carbocycles. The van der Waals surface area contributed by atoms with Gasteiger partial charge in [0.1, 0.15) is 0 Å². The summed E-state index contributed by atoms with van der Waals surface area (Å²) in [5, 5.41) is 17.2. The van der Waals surface area contributed by atoms with Gasteiger partial charge in [0, 0.05) is 22.5 Å². The second-order valence-electron chi connectivity index (χ2n) is 8.61. The van der Waals surface area contributed by atoms with Gasteiger partial charge in [0.15, 0.2) is 0 Å². The Bertz CT molecular complexity index is 1320. The zero-order valence-corrected chi connectivity index (χ0v) is 18.8. The number of aromatic nitrogens is 1. The molecule has 0 spiro atoms. The highest BCUT2D eigenvalue weighted by Crippen LogP contribution is 2.36. The van der Waals surface area contributed by atoms with E-state index in [-0.39, 0.29) is 17.5 Å². The molecule has 8 heteroatoms. The summed E-state index contributed by atoms with van der Waals surface area (Å²) in [5.74, 6) is -0.602. The van der Waals surface area contributed by atoms with E-state index < -0.39 is 10.5 Å². The summed E-state index contributed by atoms with van der Waals surface area (Å²) in [5.41, 5.74) is 3.61. The van der Waals surface area contributed by atoms with Crippen molar-refractivity contribution in [3.05, 3.63) is 92.3 Å². The van der Waals surface area contributed by atoms with E-state index in [4.69, 9.17) is 0 Å². The molecule has 0 fully saturated rings. The van der Waals surface area contributed by atoms with Gasteiger partial charge in [0.2, 0.25) is 0 Å². The Hall–Kier alpha value is -4.20. The number of aromatic amines is 1. The van der Waals surface area contributed by atoms with Crippen LogP contribution in [0.15, 0.2) is 48.5 Å². The molecule has 1 aromatic heterocycles.